The molecule has 1 rings (SSSR count). The average Bonchev–Trinajstić information content (AvgIpc) is 2.81. The molecule has 0 aromatic carbocycles. The number of rotatable bonds is 10. The molecule has 1 aromatic rings. The SMILES string of the molecule is CCCNC(CCC(C)OC)Cc1cc(CC)nn1C. The number of nitrogens with one attached hydrogen (secondary N) is 1. The van der Waals surface area contributed by atoms with Crippen molar-refractivity contribution in [1.82, 2.24) is 15.1 Å². The van der Waals surface area contributed by atoms with Gasteiger partial charge in [-0.2, -0.15) is 5.10 Å². The van der Waals surface area contributed by atoms with Gasteiger partial charge >= 0.3 is 0 Å². The van der Waals surface area contributed by atoms with E-state index in [1.165, 1.54) is 17.8 Å². The summed E-state index contributed by atoms with van der Waals surface area (Å²) in [4.78, 5) is 0. The monoisotopic (exact) mass is 281 g/mol. The number of ether oxygens (including phenoxy) is 1. The van der Waals surface area contributed by atoms with Gasteiger partial charge in [-0.05, 0) is 45.2 Å². The Morgan fingerprint density at radius 3 is 2.65 bits per heavy atom. The fraction of sp³-hybridized carbons (Fsp3) is 0.812. The Morgan fingerprint density at radius 1 is 1.35 bits per heavy atom. The molecule has 0 amide bonds. The van der Waals surface area contributed by atoms with Crippen LogP contribution in [0.25, 0.3) is 0 Å². The van der Waals surface area contributed by atoms with E-state index in [0.717, 1.165) is 32.2 Å². The molecule has 0 bridgehead atoms. The van der Waals surface area contributed by atoms with Gasteiger partial charge in [-0.15, -0.1) is 0 Å². The number of methoxy groups -OCH3 is 1. The number of aryl methyl sites for hydroxylation is 2. The first kappa shape index (κ1) is 17.2. The van der Waals surface area contributed by atoms with Gasteiger partial charge in [0.15, 0.2) is 0 Å². The predicted octanol–water partition coefficient (Wildman–Crippen LogP) is 2.71. The molecule has 2 unspecified atom stereocenters. The lowest BCUT2D eigenvalue weighted by molar-refractivity contribution is 0.106. The minimum atomic E-state index is 0.332. The molecule has 0 spiro atoms. The van der Waals surface area contributed by atoms with Crippen LogP contribution in [0.5, 0.6) is 0 Å². The topological polar surface area (TPSA) is 39.1 Å². The van der Waals surface area contributed by atoms with E-state index in [4.69, 9.17) is 4.74 Å². The summed E-state index contributed by atoms with van der Waals surface area (Å²) in [5.74, 6) is 0. The van der Waals surface area contributed by atoms with E-state index < -0.39 is 0 Å². The number of aromatic nitrogens is 2. The first-order chi connectivity index (χ1) is 9.60. The van der Waals surface area contributed by atoms with Gasteiger partial charge in [-0.25, -0.2) is 0 Å². The standard InChI is InChI=1S/C16H31N3O/c1-6-10-17-15(9-8-13(3)20-5)12-16-11-14(7-2)18-19(16)4/h11,13,15,17H,6-10,12H2,1-5H3. The van der Waals surface area contributed by atoms with Gasteiger partial charge in [0.2, 0.25) is 0 Å². The zero-order chi connectivity index (χ0) is 15.0. The van der Waals surface area contributed by atoms with Crippen LogP contribution in [0, 0.1) is 0 Å². The third-order valence-electron chi connectivity index (χ3n) is 3.85. The highest BCUT2D eigenvalue weighted by atomic mass is 16.5. The van der Waals surface area contributed by atoms with E-state index in [9.17, 15) is 0 Å². The third-order valence-corrected chi connectivity index (χ3v) is 3.85. The molecule has 0 saturated carbocycles. The fourth-order valence-electron chi connectivity index (χ4n) is 2.37. The van der Waals surface area contributed by atoms with Gasteiger partial charge in [0.1, 0.15) is 0 Å². The van der Waals surface area contributed by atoms with Gasteiger partial charge in [0.05, 0.1) is 11.8 Å². The summed E-state index contributed by atoms with van der Waals surface area (Å²) < 4.78 is 7.38. The van der Waals surface area contributed by atoms with E-state index in [-0.39, 0.29) is 0 Å². The lowest BCUT2D eigenvalue weighted by atomic mass is 10.0. The minimum Gasteiger partial charge on any atom is -0.382 e. The number of nitrogens with zero attached hydrogens (tertiary/aromatic N) is 2. The Labute approximate surface area is 123 Å². The molecule has 4 nitrogen and oxygen atoms in total. The first-order valence-electron chi connectivity index (χ1n) is 7.88. The Balaban J connectivity index is 2.60. The third kappa shape index (κ3) is 5.63. The quantitative estimate of drug-likeness (QED) is 0.717. The highest BCUT2D eigenvalue weighted by molar-refractivity contribution is 5.11. The molecule has 1 heterocycles. The van der Waals surface area contributed by atoms with Crippen molar-refractivity contribution in [2.75, 3.05) is 13.7 Å². The van der Waals surface area contributed by atoms with Crippen LogP contribution in [-0.4, -0.2) is 35.6 Å². The molecule has 1 aromatic heterocycles. The Kier molecular flexibility index (Phi) is 7.85. The maximum atomic E-state index is 5.36. The van der Waals surface area contributed by atoms with Crippen molar-refractivity contribution >= 4 is 0 Å². The summed E-state index contributed by atoms with van der Waals surface area (Å²) >= 11 is 0. The number of hydrogen-bond donors (Lipinski definition) is 1. The fourth-order valence-corrected chi connectivity index (χ4v) is 2.37. The van der Waals surface area contributed by atoms with Crippen LogP contribution in [0.15, 0.2) is 6.07 Å². The van der Waals surface area contributed by atoms with E-state index in [1.807, 2.05) is 11.7 Å². The lowest BCUT2D eigenvalue weighted by Gasteiger charge is -2.20. The zero-order valence-electron chi connectivity index (χ0n) is 13.8. The number of hydrogen-bond acceptors (Lipinski definition) is 3. The van der Waals surface area contributed by atoms with Crippen molar-refractivity contribution < 1.29 is 4.74 Å². The molecule has 0 saturated heterocycles. The van der Waals surface area contributed by atoms with Crippen LogP contribution in [-0.2, 0) is 24.6 Å². The zero-order valence-corrected chi connectivity index (χ0v) is 13.8. The summed E-state index contributed by atoms with van der Waals surface area (Å²) in [6.45, 7) is 7.57. The van der Waals surface area contributed by atoms with Crippen LogP contribution >= 0.6 is 0 Å². The summed E-state index contributed by atoms with van der Waals surface area (Å²) in [5, 5.41) is 8.19. The van der Waals surface area contributed by atoms with Gasteiger partial charge in [-0.3, -0.25) is 4.68 Å². The Hall–Kier alpha value is -0.870. The lowest BCUT2D eigenvalue weighted by Crippen LogP contribution is -2.33. The molecule has 116 valence electrons. The smallest absolute Gasteiger partial charge is 0.0624 e. The normalized spacial score (nSPS) is 14.4. The Bertz CT molecular complexity index is 376. The minimum absolute atomic E-state index is 0.332. The highest BCUT2D eigenvalue weighted by Gasteiger charge is 2.14. The first-order valence-corrected chi connectivity index (χ1v) is 7.88. The molecule has 20 heavy (non-hydrogen) atoms. The van der Waals surface area contributed by atoms with Crippen molar-refractivity contribution in [2.24, 2.45) is 7.05 Å². The van der Waals surface area contributed by atoms with Crippen LogP contribution in [0.3, 0.4) is 0 Å². The van der Waals surface area contributed by atoms with Crippen LogP contribution in [0.4, 0.5) is 0 Å². The maximum absolute atomic E-state index is 5.36. The molecule has 2 atom stereocenters. The summed E-state index contributed by atoms with van der Waals surface area (Å²) in [6.07, 6.45) is 5.78. The van der Waals surface area contributed by atoms with Crippen molar-refractivity contribution in [2.45, 2.75) is 65.0 Å². The molecular weight excluding hydrogens is 250 g/mol. The molecule has 0 fully saturated rings. The van der Waals surface area contributed by atoms with Gasteiger partial charge < -0.3 is 10.1 Å². The molecule has 4 heteroatoms. The predicted molar refractivity (Wildman–Crippen MR) is 84.1 cm³/mol. The summed E-state index contributed by atoms with van der Waals surface area (Å²) in [6, 6.07) is 2.74. The van der Waals surface area contributed by atoms with E-state index in [0.29, 0.717) is 12.1 Å². The second kappa shape index (κ2) is 9.14. The highest BCUT2D eigenvalue weighted by Crippen LogP contribution is 2.12. The summed E-state index contributed by atoms with van der Waals surface area (Å²) in [5.41, 5.74) is 2.50. The molecule has 0 aliphatic rings. The van der Waals surface area contributed by atoms with E-state index >= 15 is 0 Å². The molecule has 0 aliphatic heterocycles. The van der Waals surface area contributed by atoms with Crippen molar-refractivity contribution in [3.63, 3.8) is 0 Å². The van der Waals surface area contributed by atoms with E-state index in [1.54, 1.807) is 7.11 Å². The molecular formula is C16H31N3O. The van der Waals surface area contributed by atoms with Crippen molar-refractivity contribution in [3.8, 4) is 0 Å². The van der Waals surface area contributed by atoms with Crippen LogP contribution < -0.4 is 5.32 Å². The van der Waals surface area contributed by atoms with Crippen LogP contribution in [0.1, 0.15) is 51.4 Å². The molecule has 0 aliphatic carbocycles. The van der Waals surface area contributed by atoms with Crippen molar-refractivity contribution in [3.05, 3.63) is 17.5 Å². The largest absolute Gasteiger partial charge is 0.382 e. The van der Waals surface area contributed by atoms with Gasteiger partial charge in [0.25, 0.3) is 0 Å². The van der Waals surface area contributed by atoms with Gasteiger partial charge in [-0.1, -0.05) is 13.8 Å². The second-order valence-corrected chi connectivity index (χ2v) is 5.58. The summed E-state index contributed by atoms with van der Waals surface area (Å²) in [7, 11) is 3.83. The Morgan fingerprint density at radius 2 is 2.10 bits per heavy atom. The average molecular weight is 281 g/mol. The van der Waals surface area contributed by atoms with Gasteiger partial charge in [0, 0.05) is 32.3 Å². The van der Waals surface area contributed by atoms with Crippen LogP contribution in [0.2, 0.25) is 0 Å². The molecule has 0 radical (unpaired) electrons. The maximum Gasteiger partial charge on any atom is 0.0624 e. The van der Waals surface area contributed by atoms with Crippen molar-refractivity contribution in [1.29, 1.82) is 0 Å². The van der Waals surface area contributed by atoms with E-state index in [2.05, 4.69) is 37.3 Å². The molecule has 1 N–H and O–H groups in total. The second-order valence-electron chi connectivity index (χ2n) is 5.58.